The van der Waals surface area contributed by atoms with Crippen LogP contribution in [0.5, 0.6) is 0 Å². The fourth-order valence-electron chi connectivity index (χ4n) is 4.36. The molecule has 2 fully saturated rings. The highest BCUT2D eigenvalue weighted by atomic mass is 35.5. The van der Waals surface area contributed by atoms with Gasteiger partial charge < -0.3 is 9.62 Å². The number of piperidine rings is 1. The Bertz CT molecular complexity index is 1050. The van der Waals surface area contributed by atoms with Gasteiger partial charge >= 0.3 is 0 Å². The Morgan fingerprint density at radius 2 is 1.97 bits per heavy atom. The van der Waals surface area contributed by atoms with Gasteiger partial charge in [0, 0.05) is 53.3 Å². The lowest BCUT2D eigenvalue weighted by Gasteiger charge is -2.42. The minimum Gasteiger partial charge on any atom is -0.314 e. The van der Waals surface area contributed by atoms with Crippen LogP contribution in [0.4, 0.5) is 14.5 Å². The topological polar surface area (TPSA) is 56.1 Å². The predicted molar refractivity (Wildman–Crippen MR) is 135 cm³/mol. The average Bonchev–Trinajstić information content (AvgIpc) is 3.30. The molecule has 0 spiro atoms. The number of hydrogen-bond donors (Lipinski definition) is 1. The maximum atomic E-state index is 12.9. The van der Waals surface area contributed by atoms with Gasteiger partial charge in [-0.1, -0.05) is 17.7 Å². The first-order valence-electron chi connectivity index (χ1n) is 11.6. The van der Waals surface area contributed by atoms with Crippen LogP contribution in [0.3, 0.4) is 0 Å². The molecule has 180 valence electrons. The van der Waals surface area contributed by atoms with Crippen molar-refractivity contribution in [1.29, 1.82) is 0 Å². The van der Waals surface area contributed by atoms with Crippen molar-refractivity contribution in [3.8, 4) is 0 Å². The first kappa shape index (κ1) is 23.7. The lowest BCUT2D eigenvalue weighted by Crippen LogP contribution is -2.59. The molecule has 0 aliphatic carbocycles. The molecule has 5 rings (SSSR count). The Labute approximate surface area is 207 Å². The van der Waals surface area contributed by atoms with E-state index in [0.29, 0.717) is 28.6 Å². The van der Waals surface area contributed by atoms with E-state index in [1.54, 1.807) is 6.20 Å². The number of likely N-dealkylation sites (tertiary alicyclic amines) is 1. The molecule has 10 heteroatoms. The highest BCUT2D eigenvalue weighted by Crippen LogP contribution is 2.34. The Morgan fingerprint density at radius 1 is 1.15 bits per heavy atom. The minimum absolute atomic E-state index is 0.0683. The van der Waals surface area contributed by atoms with Gasteiger partial charge in [0.1, 0.15) is 5.71 Å². The lowest BCUT2D eigenvalue weighted by atomic mass is 10.0. The van der Waals surface area contributed by atoms with Crippen LogP contribution in [-0.2, 0) is 6.54 Å². The summed E-state index contributed by atoms with van der Waals surface area (Å²) in [6, 6.07) is 12.4. The molecule has 3 aliphatic heterocycles. The summed E-state index contributed by atoms with van der Waals surface area (Å²) in [7, 11) is 0. The number of anilines is 1. The molecule has 1 aromatic carbocycles. The van der Waals surface area contributed by atoms with Gasteiger partial charge in [-0.25, -0.2) is 8.78 Å². The standard InChI is InChI=1S/C24H27ClF2N6S/c25-17-2-1-3-19(10-17)33(34-21-6-8-32(9-7-21)20-13-28-14-20)15-18-5-4-16(12-29-18)22-11-23(24(26)27)31-30-22/h1-5,10,12,20-21,24,28H,6-9,11,13-15H2. The summed E-state index contributed by atoms with van der Waals surface area (Å²) in [5.41, 5.74) is 3.00. The number of benzene rings is 1. The molecular formula is C24H27ClF2N6S. The van der Waals surface area contributed by atoms with Crippen molar-refractivity contribution in [1.82, 2.24) is 15.2 Å². The van der Waals surface area contributed by atoms with Gasteiger partial charge in [0.15, 0.2) is 0 Å². The van der Waals surface area contributed by atoms with E-state index >= 15 is 0 Å². The van der Waals surface area contributed by atoms with Gasteiger partial charge in [0.05, 0.1) is 18.0 Å². The van der Waals surface area contributed by atoms with E-state index in [9.17, 15) is 8.78 Å². The Morgan fingerprint density at radius 3 is 2.59 bits per heavy atom. The number of halogens is 3. The van der Waals surface area contributed by atoms with Crippen molar-refractivity contribution in [2.45, 2.75) is 43.5 Å². The quantitative estimate of drug-likeness (QED) is 0.531. The summed E-state index contributed by atoms with van der Waals surface area (Å²) < 4.78 is 28.0. The third kappa shape index (κ3) is 5.59. The van der Waals surface area contributed by atoms with Gasteiger partial charge in [0.25, 0.3) is 6.43 Å². The summed E-state index contributed by atoms with van der Waals surface area (Å²) >= 11 is 8.16. The van der Waals surface area contributed by atoms with E-state index in [4.69, 9.17) is 11.6 Å². The number of hydrogen-bond acceptors (Lipinski definition) is 7. The second-order valence-corrected chi connectivity index (χ2v) is 10.6. The molecule has 0 radical (unpaired) electrons. The van der Waals surface area contributed by atoms with Gasteiger partial charge in [-0.05, 0) is 68.2 Å². The van der Waals surface area contributed by atoms with Crippen LogP contribution in [0.1, 0.15) is 30.5 Å². The van der Waals surface area contributed by atoms with Gasteiger partial charge in [-0.15, -0.1) is 0 Å². The molecule has 0 atom stereocenters. The molecular weight excluding hydrogens is 478 g/mol. The van der Waals surface area contributed by atoms with Crippen LogP contribution in [0.15, 0.2) is 52.8 Å². The normalized spacial score (nSPS) is 19.8. The molecule has 34 heavy (non-hydrogen) atoms. The number of aromatic nitrogens is 1. The van der Waals surface area contributed by atoms with Crippen LogP contribution in [0.2, 0.25) is 5.02 Å². The highest BCUT2D eigenvalue weighted by Gasteiger charge is 2.30. The molecule has 0 saturated carbocycles. The zero-order valence-electron chi connectivity index (χ0n) is 18.7. The first-order valence-corrected chi connectivity index (χ1v) is 12.8. The third-order valence-electron chi connectivity index (χ3n) is 6.49. The summed E-state index contributed by atoms with van der Waals surface area (Å²) in [5, 5.41) is 12.1. The largest absolute Gasteiger partial charge is 0.314 e. The summed E-state index contributed by atoms with van der Waals surface area (Å²) in [6.45, 7) is 5.09. The van der Waals surface area contributed by atoms with Gasteiger partial charge in [-0.3, -0.25) is 9.88 Å². The number of rotatable bonds is 8. The van der Waals surface area contributed by atoms with Gasteiger partial charge in [-0.2, -0.15) is 10.2 Å². The van der Waals surface area contributed by atoms with E-state index in [1.165, 1.54) is 0 Å². The van der Waals surface area contributed by atoms with Gasteiger partial charge in [0.2, 0.25) is 0 Å². The van der Waals surface area contributed by atoms with E-state index in [2.05, 4.69) is 35.8 Å². The molecule has 1 N–H and O–H groups in total. The fourth-order valence-corrected chi connectivity index (χ4v) is 5.77. The van der Waals surface area contributed by atoms with Crippen molar-refractivity contribution in [3.05, 3.63) is 58.9 Å². The molecule has 3 aliphatic rings. The Balaban J connectivity index is 1.25. The maximum Gasteiger partial charge on any atom is 0.278 e. The van der Waals surface area contributed by atoms with E-state index in [-0.39, 0.29) is 12.1 Å². The Hall–Kier alpha value is -2.07. The van der Waals surface area contributed by atoms with Crippen molar-refractivity contribution in [2.75, 3.05) is 30.5 Å². The lowest BCUT2D eigenvalue weighted by molar-refractivity contribution is 0.123. The number of pyridine rings is 1. The average molecular weight is 505 g/mol. The van der Waals surface area contributed by atoms with E-state index < -0.39 is 6.43 Å². The SMILES string of the molecule is FC(F)C1=NN=C(c2ccc(CN(SC3CCN(C4CNC4)CC3)c3cccc(Cl)c3)nc2)C1. The second kappa shape index (κ2) is 10.7. The van der Waals surface area contributed by atoms with Crippen LogP contribution in [0, 0.1) is 0 Å². The zero-order valence-corrected chi connectivity index (χ0v) is 20.3. The van der Waals surface area contributed by atoms with Crippen LogP contribution in [0.25, 0.3) is 0 Å². The monoisotopic (exact) mass is 504 g/mol. The molecule has 2 aromatic rings. The molecule has 4 heterocycles. The van der Waals surface area contributed by atoms with Crippen LogP contribution >= 0.6 is 23.5 Å². The fraction of sp³-hybridized carbons (Fsp3) is 0.458. The summed E-state index contributed by atoms with van der Waals surface area (Å²) in [6.07, 6.45) is 1.49. The smallest absolute Gasteiger partial charge is 0.278 e. The van der Waals surface area contributed by atoms with Crippen LogP contribution in [-0.4, -0.2) is 65.2 Å². The molecule has 6 nitrogen and oxygen atoms in total. The summed E-state index contributed by atoms with van der Waals surface area (Å²) in [4.78, 5) is 7.21. The van der Waals surface area contributed by atoms with Crippen molar-refractivity contribution in [3.63, 3.8) is 0 Å². The zero-order chi connectivity index (χ0) is 23.5. The molecule has 0 bridgehead atoms. The van der Waals surface area contributed by atoms with Crippen molar-refractivity contribution in [2.24, 2.45) is 10.2 Å². The molecule has 0 amide bonds. The predicted octanol–water partition coefficient (Wildman–Crippen LogP) is 4.64. The molecule has 2 saturated heterocycles. The first-order chi connectivity index (χ1) is 16.5. The van der Waals surface area contributed by atoms with Crippen molar-refractivity contribution < 1.29 is 8.78 Å². The van der Waals surface area contributed by atoms with E-state index in [0.717, 1.165) is 56.0 Å². The van der Waals surface area contributed by atoms with Crippen molar-refractivity contribution >= 4 is 40.7 Å². The Kier molecular flexibility index (Phi) is 7.43. The minimum atomic E-state index is -2.57. The highest BCUT2D eigenvalue weighted by molar-refractivity contribution is 8.01. The number of alkyl halides is 2. The number of nitrogens with zero attached hydrogens (tertiary/aromatic N) is 5. The third-order valence-corrected chi connectivity index (χ3v) is 8.09. The maximum absolute atomic E-state index is 12.9. The molecule has 1 aromatic heterocycles. The van der Waals surface area contributed by atoms with Crippen LogP contribution < -0.4 is 9.62 Å². The molecule has 0 unspecified atom stereocenters. The summed E-state index contributed by atoms with van der Waals surface area (Å²) in [5.74, 6) is 0. The second-order valence-electron chi connectivity index (χ2n) is 8.82. The van der Waals surface area contributed by atoms with E-state index in [1.807, 2.05) is 42.3 Å². The number of nitrogens with one attached hydrogen (secondary N) is 1.